The molecule has 104 valence electrons. The van der Waals surface area contributed by atoms with Crippen molar-refractivity contribution in [2.45, 2.75) is 52.0 Å². The van der Waals surface area contributed by atoms with Crippen LogP contribution in [0, 0.1) is 6.92 Å². The molecule has 1 atom stereocenters. The van der Waals surface area contributed by atoms with Gasteiger partial charge in [-0.3, -0.25) is 0 Å². The van der Waals surface area contributed by atoms with Crippen molar-refractivity contribution < 1.29 is 9.90 Å². The van der Waals surface area contributed by atoms with E-state index in [4.69, 9.17) is 0 Å². The van der Waals surface area contributed by atoms with Crippen molar-refractivity contribution in [2.24, 2.45) is 0 Å². The van der Waals surface area contributed by atoms with Crippen LogP contribution in [0.3, 0.4) is 0 Å². The molecule has 2 rings (SSSR count). The molecule has 1 saturated heterocycles. The molecule has 1 N–H and O–H groups in total. The standard InChI is InChI=1S/C16H23NO2/c1-3-7-13-9-4-5-11-17(13)15-12(2)8-6-10-14(15)16(18)19/h6,8,10,13H,3-5,7,9,11H2,1-2H3,(H,18,19). The number of hydrogen-bond donors (Lipinski definition) is 1. The molecular weight excluding hydrogens is 238 g/mol. The van der Waals surface area contributed by atoms with Gasteiger partial charge in [-0.1, -0.05) is 25.5 Å². The summed E-state index contributed by atoms with van der Waals surface area (Å²) < 4.78 is 0. The van der Waals surface area contributed by atoms with Gasteiger partial charge in [-0.2, -0.15) is 0 Å². The Morgan fingerprint density at radius 1 is 1.42 bits per heavy atom. The lowest BCUT2D eigenvalue weighted by atomic mass is 9.95. The van der Waals surface area contributed by atoms with Crippen LogP contribution in [0.1, 0.15) is 54.9 Å². The third-order valence-electron chi connectivity index (χ3n) is 4.00. The average molecular weight is 261 g/mol. The number of carboxylic acids is 1. The van der Waals surface area contributed by atoms with E-state index in [0.717, 1.165) is 37.1 Å². The Morgan fingerprint density at radius 2 is 2.21 bits per heavy atom. The van der Waals surface area contributed by atoms with Crippen LogP contribution in [0.5, 0.6) is 0 Å². The summed E-state index contributed by atoms with van der Waals surface area (Å²) in [5.74, 6) is -0.820. The van der Waals surface area contributed by atoms with Crippen molar-refractivity contribution in [3.05, 3.63) is 29.3 Å². The zero-order valence-corrected chi connectivity index (χ0v) is 11.9. The van der Waals surface area contributed by atoms with Gasteiger partial charge in [-0.05, 0) is 44.2 Å². The van der Waals surface area contributed by atoms with Crippen LogP contribution in [0.2, 0.25) is 0 Å². The maximum atomic E-state index is 11.5. The van der Waals surface area contributed by atoms with Gasteiger partial charge in [-0.25, -0.2) is 4.79 Å². The number of rotatable bonds is 4. The molecule has 1 aromatic rings. The summed E-state index contributed by atoms with van der Waals surface area (Å²) in [6, 6.07) is 6.07. The Kier molecular flexibility index (Phi) is 4.46. The zero-order chi connectivity index (χ0) is 13.8. The van der Waals surface area contributed by atoms with Crippen molar-refractivity contribution in [1.82, 2.24) is 0 Å². The van der Waals surface area contributed by atoms with Crippen LogP contribution in [-0.2, 0) is 0 Å². The predicted octanol–water partition coefficient (Wildman–Crippen LogP) is 3.85. The van der Waals surface area contributed by atoms with Gasteiger partial charge in [0.2, 0.25) is 0 Å². The zero-order valence-electron chi connectivity index (χ0n) is 11.9. The van der Waals surface area contributed by atoms with Gasteiger partial charge in [0.15, 0.2) is 0 Å². The molecule has 0 amide bonds. The number of para-hydroxylation sites is 1. The molecule has 1 aliphatic heterocycles. The van der Waals surface area contributed by atoms with Gasteiger partial charge in [0.05, 0.1) is 11.3 Å². The number of aryl methyl sites for hydroxylation is 1. The Hall–Kier alpha value is -1.51. The molecular formula is C16H23NO2. The van der Waals surface area contributed by atoms with Gasteiger partial charge in [0.1, 0.15) is 0 Å². The lowest BCUT2D eigenvalue weighted by molar-refractivity contribution is 0.0697. The highest BCUT2D eigenvalue weighted by atomic mass is 16.4. The molecule has 1 heterocycles. The highest BCUT2D eigenvalue weighted by molar-refractivity contribution is 5.95. The average Bonchev–Trinajstić information content (AvgIpc) is 2.40. The highest BCUT2D eigenvalue weighted by Gasteiger charge is 2.26. The van der Waals surface area contributed by atoms with Crippen molar-refractivity contribution in [2.75, 3.05) is 11.4 Å². The Bertz CT molecular complexity index is 454. The molecule has 1 aromatic carbocycles. The number of aromatic carboxylic acids is 1. The number of carboxylic acid groups (broad SMARTS) is 1. The Labute approximate surface area is 115 Å². The van der Waals surface area contributed by atoms with E-state index in [1.165, 1.54) is 12.8 Å². The minimum atomic E-state index is -0.820. The summed E-state index contributed by atoms with van der Waals surface area (Å²) in [7, 11) is 0. The molecule has 0 bridgehead atoms. The van der Waals surface area contributed by atoms with Crippen LogP contribution in [0.25, 0.3) is 0 Å². The van der Waals surface area contributed by atoms with Crippen molar-refractivity contribution in [1.29, 1.82) is 0 Å². The molecule has 0 saturated carbocycles. The van der Waals surface area contributed by atoms with E-state index >= 15 is 0 Å². The predicted molar refractivity (Wildman–Crippen MR) is 78.0 cm³/mol. The monoisotopic (exact) mass is 261 g/mol. The summed E-state index contributed by atoms with van der Waals surface area (Å²) in [5, 5.41) is 9.41. The fourth-order valence-electron chi connectivity index (χ4n) is 3.14. The third kappa shape index (κ3) is 2.91. The van der Waals surface area contributed by atoms with Crippen molar-refractivity contribution in [3.63, 3.8) is 0 Å². The molecule has 0 aromatic heterocycles. The second-order valence-electron chi connectivity index (χ2n) is 5.41. The van der Waals surface area contributed by atoms with Gasteiger partial charge in [-0.15, -0.1) is 0 Å². The molecule has 1 aliphatic rings. The lowest BCUT2D eigenvalue weighted by Crippen LogP contribution is -2.40. The lowest BCUT2D eigenvalue weighted by Gasteiger charge is -2.39. The van der Waals surface area contributed by atoms with E-state index in [2.05, 4.69) is 11.8 Å². The van der Waals surface area contributed by atoms with E-state index in [0.29, 0.717) is 11.6 Å². The molecule has 3 nitrogen and oxygen atoms in total. The topological polar surface area (TPSA) is 40.5 Å². The summed E-state index contributed by atoms with van der Waals surface area (Å²) >= 11 is 0. The summed E-state index contributed by atoms with van der Waals surface area (Å²) in [5.41, 5.74) is 2.46. The molecule has 19 heavy (non-hydrogen) atoms. The van der Waals surface area contributed by atoms with E-state index in [1.54, 1.807) is 6.07 Å². The van der Waals surface area contributed by atoms with Crippen molar-refractivity contribution in [3.8, 4) is 0 Å². The quantitative estimate of drug-likeness (QED) is 0.895. The first-order valence-electron chi connectivity index (χ1n) is 7.24. The summed E-state index contributed by atoms with van der Waals surface area (Å²) in [6.07, 6.45) is 5.90. The summed E-state index contributed by atoms with van der Waals surface area (Å²) in [6.45, 7) is 5.19. The molecule has 0 radical (unpaired) electrons. The van der Waals surface area contributed by atoms with Crippen LogP contribution in [0.15, 0.2) is 18.2 Å². The number of benzene rings is 1. The molecule has 0 aliphatic carbocycles. The maximum absolute atomic E-state index is 11.5. The number of nitrogens with zero attached hydrogens (tertiary/aromatic N) is 1. The van der Waals surface area contributed by atoms with E-state index in [1.807, 2.05) is 19.1 Å². The van der Waals surface area contributed by atoms with Crippen molar-refractivity contribution >= 4 is 11.7 Å². The summed E-state index contributed by atoms with van der Waals surface area (Å²) in [4.78, 5) is 13.8. The first kappa shape index (κ1) is 13.9. The fourth-order valence-corrected chi connectivity index (χ4v) is 3.14. The number of piperidine rings is 1. The Morgan fingerprint density at radius 3 is 2.89 bits per heavy atom. The third-order valence-corrected chi connectivity index (χ3v) is 4.00. The minimum Gasteiger partial charge on any atom is -0.478 e. The number of hydrogen-bond acceptors (Lipinski definition) is 2. The van der Waals surface area contributed by atoms with Crippen LogP contribution >= 0.6 is 0 Å². The van der Waals surface area contributed by atoms with E-state index in [-0.39, 0.29) is 0 Å². The maximum Gasteiger partial charge on any atom is 0.337 e. The second kappa shape index (κ2) is 6.09. The second-order valence-corrected chi connectivity index (χ2v) is 5.41. The smallest absolute Gasteiger partial charge is 0.337 e. The first-order chi connectivity index (χ1) is 9.15. The van der Waals surface area contributed by atoms with Crippen LogP contribution < -0.4 is 4.90 Å². The number of anilines is 1. The molecule has 1 fully saturated rings. The minimum absolute atomic E-state index is 0.447. The molecule has 1 unspecified atom stereocenters. The number of carbonyl (C=O) groups is 1. The van der Waals surface area contributed by atoms with Gasteiger partial charge in [0, 0.05) is 12.6 Å². The van der Waals surface area contributed by atoms with Crippen LogP contribution in [0.4, 0.5) is 5.69 Å². The highest BCUT2D eigenvalue weighted by Crippen LogP contribution is 2.32. The van der Waals surface area contributed by atoms with Gasteiger partial charge < -0.3 is 10.0 Å². The fraction of sp³-hybridized carbons (Fsp3) is 0.562. The normalized spacial score (nSPS) is 19.5. The van der Waals surface area contributed by atoms with Gasteiger partial charge >= 0.3 is 5.97 Å². The van der Waals surface area contributed by atoms with Crippen LogP contribution in [-0.4, -0.2) is 23.7 Å². The van der Waals surface area contributed by atoms with E-state index in [9.17, 15) is 9.90 Å². The largest absolute Gasteiger partial charge is 0.478 e. The SMILES string of the molecule is CCCC1CCCCN1c1c(C)cccc1C(=O)O. The van der Waals surface area contributed by atoms with Gasteiger partial charge in [0.25, 0.3) is 0 Å². The molecule has 0 spiro atoms. The Balaban J connectivity index is 2.40. The molecule has 3 heteroatoms. The van der Waals surface area contributed by atoms with E-state index < -0.39 is 5.97 Å². The first-order valence-corrected chi connectivity index (χ1v) is 7.24.